The van der Waals surface area contributed by atoms with Crippen molar-refractivity contribution in [2.24, 2.45) is 9.98 Å². The third-order valence-electron chi connectivity index (χ3n) is 4.58. The van der Waals surface area contributed by atoms with Gasteiger partial charge in [-0.15, -0.1) is 10.2 Å². The second-order valence-electron chi connectivity index (χ2n) is 6.67. The molecule has 0 bridgehead atoms. The lowest BCUT2D eigenvalue weighted by atomic mass is 9.91. The molecule has 0 aliphatic carbocycles. The van der Waals surface area contributed by atoms with Crippen molar-refractivity contribution in [3.8, 4) is 0 Å². The van der Waals surface area contributed by atoms with Gasteiger partial charge in [-0.25, -0.2) is 4.99 Å². The van der Waals surface area contributed by atoms with Gasteiger partial charge in [0, 0.05) is 10.7 Å². The van der Waals surface area contributed by atoms with Gasteiger partial charge in [-0.3, -0.25) is 9.79 Å². The molecule has 2 aromatic carbocycles. The Morgan fingerprint density at radius 1 is 1.13 bits per heavy atom. The van der Waals surface area contributed by atoms with Gasteiger partial charge in [0.1, 0.15) is 5.84 Å². The first kappa shape index (κ1) is 21.5. The van der Waals surface area contributed by atoms with Gasteiger partial charge in [-0.1, -0.05) is 65.9 Å². The number of rotatable bonds is 5. The minimum Gasteiger partial charge on any atom is -0.374 e. The molecule has 4 rings (SSSR count). The van der Waals surface area contributed by atoms with E-state index in [2.05, 4.69) is 15.5 Å². The van der Waals surface area contributed by atoms with Crippen molar-refractivity contribution in [1.29, 1.82) is 0 Å². The zero-order valence-corrected chi connectivity index (χ0v) is 19.0. The number of nitrogens with one attached hydrogen (secondary N) is 1. The molecule has 0 saturated carbocycles. The van der Waals surface area contributed by atoms with Crippen molar-refractivity contribution < 1.29 is 4.79 Å². The van der Waals surface area contributed by atoms with Gasteiger partial charge in [-0.2, -0.15) is 0 Å². The maximum atomic E-state index is 12.8. The van der Waals surface area contributed by atoms with E-state index in [1.165, 1.54) is 23.1 Å². The van der Waals surface area contributed by atoms with Crippen molar-refractivity contribution in [1.82, 2.24) is 15.5 Å². The number of aromatic nitrogens is 2. The molecule has 0 fully saturated rings. The quantitative estimate of drug-likeness (QED) is 0.511. The number of thioether (sulfide) groups is 1. The van der Waals surface area contributed by atoms with Gasteiger partial charge in [0.05, 0.1) is 23.0 Å². The third kappa shape index (κ3) is 5.12. The van der Waals surface area contributed by atoms with Crippen LogP contribution >= 0.6 is 34.7 Å². The molecule has 1 amide bonds. The van der Waals surface area contributed by atoms with Crippen molar-refractivity contribution >= 4 is 68.7 Å². The largest absolute Gasteiger partial charge is 0.374 e. The van der Waals surface area contributed by atoms with E-state index in [1.807, 2.05) is 55.5 Å². The van der Waals surface area contributed by atoms with E-state index in [-0.39, 0.29) is 17.6 Å². The molecule has 1 aliphatic rings. The summed E-state index contributed by atoms with van der Waals surface area (Å²) in [6, 6.07) is 15.2. The Labute approximate surface area is 192 Å². The molecule has 158 valence electrons. The van der Waals surface area contributed by atoms with Gasteiger partial charge in [0.25, 0.3) is 0 Å². The molecule has 10 heteroatoms. The lowest BCUT2D eigenvalue weighted by Gasteiger charge is -2.20. The van der Waals surface area contributed by atoms with Crippen LogP contribution in [0.2, 0.25) is 5.02 Å². The highest BCUT2D eigenvalue weighted by Crippen LogP contribution is 2.35. The van der Waals surface area contributed by atoms with Crippen LogP contribution in [0.25, 0.3) is 0 Å². The molecule has 3 aromatic rings. The number of carbonyl (C=O) groups excluding carboxylic acids is 1. The van der Waals surface area contributed by atoms with Crippen LogP contribution in [0.5, 0.6) is 0 Å². The first-order valence-corrected chi connectivity index (χ1v) is 11.7. The van der Waals surface area contributed by atoms with Crippen LogP contribution in [-0.2, 0) is 4.79 Å². The average molecular weight is 471 g/mol. The normalized spacial score (nSPS) is 15.5. The van der Waals surface area contributed by atoms with Crippen LogP contribution in [0, 0.1) is 0 Å². The van der Waals surface area contributed by atoms with Crippen molar-refractivity contribution in [2.75, 3.05) is 11.5 Å². The minimum absolute atomic E-state index is 0.168. The fraction of sp³-hybridized carbons (Fsp3) is 0.190. The van der Waals surface area contributed by atoms with E-state index in [1.54, 1.807) is 0 Å². The lowest BCUT2D eigenvalue weighted by Crippen LogP contribution is -2.38. The summed E-state index contributed by atoms with van der Waals surface area (Å²) in [7, 11) is 0. The number of amidine groups is 1. The van der Waals surface area contributed by atoms with E-state index in [0.29, 0.717) is 32.4 Å². The molecule has 0 saturated heterocycles. The summed E-state index contributed by atoms with van der Waals surface area (Å²) in [6.45, 7) is 2.05. The summed E-state index contributed by atoms with van der Waals surface area (Å²) in [6.07, 6.45) is 0.704. The predicted molar refractivity (Wildman–Crippen MR) is 128 cm³/mol. The summed E-state index contributed by atoms with van der Waals surface area (Å²) >= 11 is 8.63. The molecule has 1 aliphatic heterocycles. The number of aliphatic imine (C=N–C) groups is 2. The number of benzene rings is 2. The molecule has 0 unspecified atom stereocenters. The Morgan fingerprint density at radius 3 is 2.48 bits per heavy atom. The number of carbonyl (C=O) groups is 1. The van der Waals surface area contributed by atoms with Crippen molar-refractivity contribution in [3.63, 3.8) is 0 Å². The number of amides is 1. The highest BCUT2D eigenvalue weighted by molar-refractivity contribution is 8.01. The minimum atomic E-state index is -0.291. The predicted octanol–water partition coefficient (Wildman–Crippen LogP) is 4.99. The third-order valence-corrected chi connectivity index (χ3v) is 6.71. The van der Waals surface area contributed by atoms with Crippen molar-refractivity contribution in [2.45, 2.75) is 23.6 Å². The van der Waals surface area contributed by atoms with E-state index in [4.69, 9.17) is 27.3 Å². The molecule has 2 heterocycles. The molecule has 7 nitrogen and oxygen atoms in total. The molecule has 0 radical (unpaired) electrons. The first-order chi connectivity index (χ1) is 15.0. The second kappa shape index (κ2) is 9.59. The fourth-order valence-corrected chi connectivity index (χ4v) is 4.76. The maximum absolute atomic E-state index is 12.8. The first-order valence-electron chi connectivity index (χ1n) is 9.55. The van der Waals surface area contributed by atoms with E-state index >= 15 is 0 Å². The lowest BCUT2D eigenvalue weighted by molar-refractivity contribution is -0.117. The summed E-state index contributed by atoms with van der Waals surface area (Å²) in [5, 5.41) is 11.7. The van der Waals surface area contributed by atoms with Crippen LogP contribution in [0.3, 0.4) is 0 Å². The second-order valence-corrected chi connectivity index (χ2v) is 9.34. The number of halogens is 1. The molecule has 3 N–H and O–H groups in total. The van der Waals surface area contributed by atoms with Gasteiger partial charge < -0.3 is 11.1 Å². The van der Waals surface area contributed by atoms with Crippen LogP contribution in [0.1, 0.15) is 24.8 Å². The van der Waals surface area contributed by atoms with E-state index in [9.17, 15) is 4.79 Å². The molecule has 1 aromatic heterocycles. The Bertz CT molecular complexity index is 1160. The fourth-order valence-electron chi connectivity index (χ4n) is 3.20. The van der Waals surface area contributed by atoms with Gasteiger partial charge in [0.2, 0.25) is 11.0 Å². The highest BCUT2D eigenvalue weighted by Gasteiger charge is 2.28. The summed E-state index contributed by atoms with van der Waals surface area (Å²) in [4.78, 5) is 22.5. The van der Waals surface area contributed by atoms with Gasteiger partial charge >= 0.3 is 0 Å². The topological polar surface area (TPSA) is 106 Å². The molecular formula is C21H19ClN6OS2. The SMILES string of the molecule is CCC1=Nc2ccccc2N=C(NC(=O)CSc2nnc(N)s2)[C@H]1c1ccc(Cl)cc1. The molecular weight excluding hydrogens is 452 g/mol. The number of hydrogen-bond donors (Lipinski definition) is 2. The number of nitrogens with zero attached hydrogens (tertiary/aromatic N) is 4. The molecule has 31 heavy (non-hydrogen) atoms. The Morgan fingerprint density at radius 2 is 1.84 bits per heavy atom. The van der Waals surface area contributed by atoms with Gasteiger partial charge in [-0.05, 0) is 36.2 Å². The van der Waals surface area contributed by atoms with Crippen molar-refractivity contribution in [3.05, 3.63) is 59.1 Å². The average Bonchev–Trinajstić information content (AvgIpc) is 3.11. The maximum Gasteiger partial charge on any atom is 0.235 e. The molecule has 0 spiro atoms. The number of para-hydroxylation sites is 2. The summed E-state index contributed by atoms with van der Waals surface area (Å²) in [5.41, 5.74) is 8.97. The summed E-state index contributed by atoms with van der Waals surface area (Å²) < 4.78 is 0.644. The summed E-state index contributed by atoms with van der Waals surface area (Å²) in [5.74, 6) is 0.226. The number of fused-ring (bicyclic) bond motifs is 1. The molecule has 1 atom stereocenters. The van der Waals surface area contributed by atoms with Crippen LogP contribution in [0.15, 0.2) is 62.9 Å². The standard InChI is InChI=1S/C21H19ClN6OS2/c1-2-14-18(12-7-9-13(22)10-8-12)19(25-16-6-4-3-5-15(16)24-14)26-17(29)11-30-21-28-27-20(23)31-21/h3-10,18H,2,11H2,1H3,(H2,23,27)(H,25,26,29)/t18-/m0/s1. The Balaban J connectivity index is 1.66. The zero-order chi connectivity index (χ0) is 21.8. The number of anilines is 1. The van der Waals surface area contributed by atoms with E-state index < -0.39 is 0 Å². The smallest absolute Gasteiger partial charge is 0.235 e. The van der Waals surface area contributed by atoms with Crippen LogP contribution in [0.4, 0.5) is 16.5 Å². The zero-order valence-electron chi connectivity index (χ0n) is 16.6. The van der Waals surface area contributed by atoms with Gasteiger partial charge in [0.15, 0.2) is 4.34 Å². The highest BCUT2D eigenvalue weighted by atomic mass is 35.5. The monoisotopic (exact) mass is 470 g/mol. The van der Waals surface area contributed by atoms with E-state index in [0.717, 1.165) is 17.0 Å². The van der Waals surface area contributed by atoms with Crippen LogP contribution in [-0.4, -0.2) is 33.4 Å². The Kier molecular flexibility index (Phi) is 6.64. The Hall–Kier alpha value is -2.75. The van der Waals surface area contributed by atoms with Crippen LogP contribution < -0.4 is 11.1 Å². The number of hydrogen-bond acceptors (Lipinski definition) is 8. The number of nitrogen functional groups attached to an aromatic ring is 1. The number of nitrogens with two attached hydrogens (primary N) is 1.